The van der Waals surface area contributed by atoms with Crippen LogP contribution in [0.3, 0.4) is 0 Å². The fraction of sp³-hybridized carbons (Fsp3) is 0.703. The highest BCUT2D eigenvalue weighted by Gasteiger charge is 2.16. The van der Waals surface area contributed by atoms with Crippen molar-refractivity contribution in [1.29, 1.82) is 0 Å². The summed E-state index contributed by atoms with van der Waals surface area (Å²) in [6.07, 6.45) is 7.54. The van der Waals surface area contributed by atoms with E-state index in [4.69, 9.17) is 0 Å². The molecule has 42 heavy (non-hydrogen) atoms. The van der Waals surface area contributed by atoms with Crippen LogP contribution in [0.1, 0.15) is 127 Å². The van der Waals surface area contributed by atoms with Crippen LogP contribution in [0.5, 0.6) is 0 Å². The Kier molecular flexibility index (Phi) is 69.3. The molecule has 1 aromatic carbocycles. The normalized spacial score (nSPS) is 13.5. The lowest BCUT2D eigenvalue weighted by Crippen LogP contribution is -2.30. The number of benzene rings is 1. The Balaban J connectivity index is -0.0000000726. The molecule has 0 amide bonds. The van der Waals surface area contributed by atoms with E-state index < -0.39 is 0 Å². The second-order valence-corrected chi connectivity index (χ2v) is 8.32. The van der Waals surface area contributed by atoms with Crippen LogP contribution in [0.15, 0.2) is 48.7 Å². The molecule has 5 heteroatoms. The van der Waals surface area contributed by atoms with Gasteiger partial charge in [-0.3, -0.25) is 4.98 Å². The summed E-state index contributed by atoms with van der Waals surface area (Å²) in [6.45, 7) is 25.3. The molecule has 0 spiro atoms. The molecule has 0 radical (unpaired) electrons. The third-order valence-corrected chi connectivity index (χ3v) is 5.28. The molecule has 4 N–H and O–H groups in total. The molecule has 2 atom stereocenters. The number of hydrogen-bond donors (Lipinski definition) is 4. The van der Waals surface area contributed by atoms with E-state index in [0.29, 0.717) is 0 Å². The third kappa shape index (κ3) is 42.7. The van der Waals surface area contributed by atoms with Crippen LogP contribution in [0.25, 0.3) is 0 Å². The zero-order valence-electron chi connectivity index (χ0n) is 29.7. The van der Waals surface area contributed by atoms with Crippen LogP contribution in [0, 0.1) is 12.8 Å². The lowest BCUT2D eigenvalue weighted by molar-refractivity contribution is 0.314. The Bertz CT molecular complexity index is 630. The molecular weight excluding hydrogens is 514 g/mol. The Morgan fingerprint density at radius 2 is 1.17 bits per heavy atom. The van der Waals surface area contributed by atoms with E-state index in [9.17, 15) is 0 Å². The minimum atomic E-state index is 0. The van der Waals surface area contributed by atoms with Gasteiger partial charge in [0.1, 0.15) is 0 Å². The molecule has 5 nitrogen and oxygen atoms in total. The summed E-state index contributed by atoms with van der Waals surface area (Å²) in [7, 11) is 7.88. The predicted octanol–water partition coefficient (Wildman–Crippen LogP) is 9.90. The van der Waals surface area contributed by atoms with Gasteiger partial charge in [0.25, 0.3) is 0 Å². The third-order valence-electron chi connectivity index (χ3n) is 5.28. The molecule has 2 unspecified atom stereocenters. The molecule has 0 saturated heterocycles. The van der Waals surface area contributed by atoms with Gasteiger partial charge in [-0.25, -0.2) is 0 Å². The molecule has 1 aliphatic rings. The SMILES string of the molecule is C.C.CC.CC.CC.CC.CCNC.CNC1CCCC(C)C1.CNCc1ccc(C)nc1.CNCc1ccccc1. The van der Waals surface area contributed by atoms with Crippen molar-refractivity contribution in [3.8, 4) is 0 Å². The van der Waals surface area contributed by atoms with Crippen LogP contribution < -0.4 is 21.3 Å². The van der Waals surface area contributed by atoms with Gasteiger partial charge in [0.2, 0.25) is 0 Å². The van der Waals surface area contributed by atoms with Crippen LogP contribution in [-0.4, -0.2) is 45.8 Å². The predicted molar refractivity (Wildman–Crippen MR) is 200 cm³/mol. The fourth-order valence-corrected chi connectivity index (χ4v) is 3.30. The number of aromatic nitrogens is 1. The minimum Gasteiger partial charge on any atom is -0.320 e. The quantitative estimate of drug-likeness (QED) is 0.268. The zero-order valence-corrected chi connectivity index (χ0v) is 29.7. The van der Waals surface area contributed by atoms with E-state index in [1.54, 1.807) is 0 Å². The molecule has 0 bridgehead atoms. The monoisotopic (exact) mass is 596 g/mol. The van der Waals surface area contributed by atoms with Gasteiger partial charge in [-0.1, -0.05) is 133 Å². The first-order valence-electron chi connectivity index (χ1n) is 16.1. The molecular formula is C37H81N5. The van der Waals surface area contributed by atoms with Crippen molar-refractivity contribution in [1.82, 2.24) is 26.3 Å². The van der Waals surface area contributed by atoms with Crippen LogP contribution >= 0.6 is 0 Å². The van der Waals surface area contributed by atoms with E-state index in [2.05, 4.69) is 65.3 Å². The summed E-state index contributed by atoms with van der Waals surface area (Å²) < 4.78 is 0. The summed E-state index contributed by atoms with van der Waals surface area (Å²) in [5.41, 5.74) is 3.63. The zero-order chi connectivity index (χ0) is 32.0. The van der Waals surface area contributed by atoms with E-state index in [-0.39, 0.29) is 14.9 Å². The van der Waals surface area contributed by atoms with E-state index in [1.165, 1.54) is 36.8 Å². The van der Waals surface area contributed by atoms with Crippen LogP contribution in [0.4, 0.5) is 0 Å². The second-order valence-electron chi connectivity index (χ2n) is 8.32. The average Bonchev–Trinajstić information content (AvgIpc) is 3.04. The topological polar surface area (TPSA) is 61.0 Å². The van der Waals surface area contributed by atoms with Crippen molar-refractivity contribution in [2.24, 2.45) is 5.92 Å². The Labute approximate surface area is 267 Å². The average molecular weight is 596 g/mol. The maximum Gasteiger partial charge on any atom is 0.0372 e. The highest BCUT2D eigenvalue weighted by molar-refractivity contribution is 5.14. The summed E-state index contributed by atoms with van der Waals surface area (Å²) in [5.74, 6) is 0.955. The number of aryl methyl sites for hydroxylation is 1. The molecule has 2 aromatic rings. The smallest absolute Gasteiger partial charge is 0.0372 e. The van der Waals surface area contributed by atoms with Crippen molar-refractivity contribution >= 4 is 0 Å². The van der Waals surface area contributed by atoms with E-state index >= 15 is 0 Å². The van der Waals surface area contributed by atoms with Gasteiger partial charge in [0.05, 0.1) is 0 Å². The lowest BCUT2D eigenvalue weighted by atomic mass is 9.87. The minimum absolute atomic E-state index is 0. The molecule has 1 fully saturated rings. The van der Waals surface area contributed by atoms with Gasteiger partial charge < -0.3 is 21.3 Å². The van der Waals surface area contributed by atoms with E-state index in [0.717, 1.165) is 37.3 Å². The Morgan fingerprint density at radius 1 is 0.690 bits per heavy atom. The van der Waals surface area contributed by atoms with Gasteiger partial charge in [0.15, 0.2) is 0 Å². The summed E-state index contributed by atoms with van der Waals surface area (Å²) in [6, 6.07) is 15.3. The summed E-state index contributed by atoms with van der Waals surface area (Å²) in [5, 5.41) is 12.4. The van der Waals surface area contributed by atoms with Crippen molar-refractivity contribution in [3.05, 3.63) is 65.5 Å². The van der Waals surface area contributed by atoms with Crippen molar-refractivity contribution in [3.63, 3.8) is 0 Å². The Morgan fingerprint density at radius 3 is 1.50 bits per heavy atom. The standard InChI is InChI=1S/C8H12N2.C8H17N.C8H11N.C3H9N.4C2H6.2CH4/c1-7-3-4-8(5-9-2)6-10-7;1-7-4-3-5-8(6-7)9-2;1-9-7-8-5-3-2-4-6-8;1-3-4-2;4*1-2;;/h3-4,6,9H,5H2,1-2H3;7-9H,3-6H2,1-2H3;2-6,9H,7H2,1H3;4H,3H2,1-2H3;4*1-2H3;2*1H4. The number of nitrogens with zero attached hydrogens (tertiary/aromatic N) is 1. The van der Waals surface area contributed by atoms with Crippen LogP contribution in [-0.2, 0) is 13.1 Å². The first kappa shape index (κ1) is 56.1. The first-order valence-corrected chi connectivity index (χ1v) is 16.1. The van der Waals surface area contributed by atoms with Gasteiger partial charge >= 0.3 is 0 Å². The molecule has 1 aliphatic carbocycles. The maximum atomic E-state index is 4.16. The van der Waals surface area contributed by atoms with Gasteiger partial charge in [0, 0.05) is 31.0 Å². The fourth-order valence-electron chi connectivity index (χ4n) is 3.30. The lowest BCUT2D eigenvalue weighted by Gasteiger charge is -2.25. The molecule has 3 rings (SSSR count). The highest BCUT2D eigenvalue weighted by Crippen LogP contribution is 2.22. The first-order chi connectivity index (χ1) is 19.5. The Hall–Kier alpha value is -1.79. The summed E-state index contributed by atoms with van der Waals surface area (Å²) >= 11 is 0. The number of pyridine rings is 1. The molecule has 1 heterocycles. The van der Waals surface area contributed by atoms with Crippen LogP contribution in [0.2, 0.25) is 0 Å². The largest absolute Gasteiger partial charge is 0.320 e. The second kappa shape index (κ2) is 51.9. The maximum absolute atomic E-state index is 4.16. The molecule has 0 aliphatic heterocycles. The van der Waals surface area contributed by atoms with Gasteiger partial charge in [-0.05, 0) is 77.6 Å². The number of rotatable bonds is 6. The molecule has 1 aromatic heterocycles. The van der Waals surface area contributed by atoms with Gasteiger partial charge in [-0.2, -0.15) is 0 Å². The molecule has 1 saturated carbocycles. The number of hydrogen-bond acceptors (Lipinski definition) is 5. The van der Waals surface area contributed by atoms with E-state index in [1.807, 2.05) is 114 Å². The summed E-state index contributed by atoms with van der Waals surface area (Å²) in [4.78, 5) is 4.16. The number of nitrogens with one attached hydrogen (secondary N) is 4. The highest BCUT2D eigenvalue weighted by atomic mass is 14.9. The van der Waals surface area contributed by atoms with Crippen molar-refractivity contribution in [2.45, 2.75) is 136 Å². The van der Waals surface area contributed by atoms with Gasteiger partial charge in [-0.15, -0.1) is 0 Å². The molecule has 254 valence electrons. The van der Waals surface area contributed by atoms with Crippen molar-refractivity contribution in [2.75, 3.05) is 34.7 Å². The van der Waals surface area contributed by atoms with Crippen molar-refractivity contribution < 1.29 is 0 Å².